The van der Waals surface area contributed by atoms with E-state index in [1.165, 1.54) is 35.1 Å². The Kier molecular flexibility index (Phi) is 5.75. The second-order valence-corrected chi connectivity index (χ2v) is 8.10. The number of nitrogens with zero attached hydrogens (tertiary/aromatic N) is 3. The molecule has 1 amide bonds. The van der Waals surface area contributed by atoms with Crippen LogP contribution in [0.15, 0.2) is 46.2 Å². The lowest BCUT2D eigenvalue weighted by Crippen LogP contribution is -2.40. The molecule has 1 aliphatic heterocycles. The summed E-state index contributed by atoms with van der Waals surface area (Å²) in [5.74, 6) is -1.98. The molecule has 0 bridgehead atoms. The molecule has 0 saturated carbocycles. The van der Waals surface area contributed by atoms with Crippen molar-refractivity contribution in [2.45, 2.75) is 30.5 Å². The molecule has 0 atom stereocenters. The van der Waals surface area contributed by atoms with Crippen molar-refractivity contribution in [1.82, 2.24) is 14.5 Å². The van der Waals surface area contributed by atoms with E-state index >= 15 is 0 Å². The zero-order chi connectivity index (χ0) is 21.2. The first kappa shape index (κ1) is 21.0. The van der Waals surface area contributed by atoms with Crippen LogP contribution < -0.4 is 15.2 Å². The highest BCUT2D eigenvalue weighted by Gasteiger charge is 2.44. The van der Waals surface area contributed by atoms with E-state index in [2.05, 4.69) is 9.82 Å². The number of nitrogens with one attached hydrogen (secondary N) is 1. The van der Waals surface area contributed by atoms with Gasteiger partial charge in [0, 0.05) is 37.6 Å². The third-order valence-corrected chi connectivity index (χ3v) is 5.83. The number of alkyl halides is 3. The number of anilines is 1. The summed E-state index contributed by atoms with van der Waals surface area (Å²) < 4.78 is 66.4. The van der Waals surface area contributed by atoms with Crippen molar-refractivity contribution in [2.75, 3.05) is 18.0 Å². The van der Waals surface area contributed by atoms with E-state index < -0.39 is 22.1 Å². The highest BCUT2D eigenvalue weighted by atomic mass is 32.2. The minimum absolute atomic E-state index is 0.0428. The van der Waals surface area contributed by atoms with Gasteiger partial charge < -0.3 is 4.90 Å². The molecule has 1 N–H and O–H groups in total. The summed E-state index contributed by atoms with van der Waals surface area (Å²) >= 11 is 0. The van der Waals surface area contributed by atoms with Crippen LogP contribution in [0, 0.1) is 0 Å². The molecule has 1 aromatic heterocycles. The number of carbonyl (C=O) groups is 1. The summed E-state index contributed by atoms with van der Waals surface area (Å²) in [5, 5.41) is 3.86. The molecule has 1 aliphatic rings. The summed E-state index contributed by atoms with van der Waals surface area (Å²) in [6, 6.07) is 6.47. The monoisotopic (exact) mass is 430 g/mol. The van der Waals surface area contributed by atoms with Crippen molar-refractivity contribution in [3.8, 4) is 0 Å². The van der Waals surface area contributed by atoms with Gasteiger partial charge in [-0.2, -0.15) is 18.3 Å². The molecule has 0 saturated heterocycles. The van der Waals surface area contributed by atoms with Gasteiger partial charge in [0.15, 0.2) is 0 Å². The van der Waals surface area contributed by atoms with Crippen LogP contribution in [-0.4, -0.2) is 43.4 Å². The SMILES string of the molecule is O=C(N1CCc2cc(S(=O)(=O)NCCCn3ncccc3=O)ccc21)C(F)(F)F. The Bertz CT molecular complexity index is 1080. The summed E-state index contributed by atoms with van der Waals surface area (Å²) in [5.41, 5.74) is 0.109. The standard InChI is InChI=1S/C17H17F3N4O4S/c18-17(19,20)16(26)23-10-6-12-11-13(4-5-14(12)23)29(27,28)22-8-2-9-24-15(25)3-1-7-21-24/h1,3-5,7,11,22H,2,6,8-10H2. The van der Waals surface area contributed by atoms with Crippen LogP contribution >= 0.6 is 0 Å². The van der Waals surface area contributed by atoms with Gasteiger partial charge in [-0.25, -0.2) is 17.8 Å². The molecule has 29 heavy (non-hydrogen) atoms. The molecule has 1 aromatic carbocycles. The largest absolute Gasteiger partial charge is 0.471 e. The topological polar surface area (TPSA) is 101 Å². The third kappa shape index (κ3) is 4.65. The molecular formula is C17H17F3N4O4S. The number of amides is 1. The Hall–Kier alpha value is -2.73. The number of aromatic nitrogens is 2. The molecule has 0 fully saturated rings. The molecule has 2 aromatic rings. The third-order valence-electron chi connectivity index (χ3n) is 4.37. The van der Waals surface area contributed by atoms with Gasteiger partial charge in [0.25, 0.3) is 5.56 Å². The van der Waals surface area contributed by atoms with Crippen LogP contribution in [0.1, 0.15) is 12.0 Å². The number of carbonyl (C=O) groups excluding carboxylic acids is 1. The van der Waals surface area contributed by atoms with Crippen LogP contribution in [-0.2, 0) is 27.8 Å². The summed E-state index contributed by atoms with van der Waals surface area (Å²) in [7, 11) is -3.90. The lowest BCUT2D eigenvalue weighted by molar-refractivity contribution is -0.170. The van der Waals surface area contributed by atoms with Gasteiger partial charge >= 0.3 is 12.1 Å². The Labute approximate surface area is 164 Å². The van der Waals surface area contributed by atoms with Crippen molar-refractivity contribution in [3.63, 3.8) is 0 Å². The zero-order valence-corrected chi connectivity index (χ0v) is 15.8. The van der Waals surface area contributed by atoms with Crippen molar-refractivity contribution >= 4 is 21.6 Å². The van der Waals surface area contributed by atoms with E-state index in [1.54, 1.807) is 0 Å². The first-order valence-corrected chi connectivity index (χ1v) is 10.1. The molecule has 2 heterocycles. The fourth-order valence-electron chi connectivity index (χ4n) is 2.98. The number of halogens is 3. The highest BCUT2D eigenvalue weighted by Crippen LogP contribution is 2.33. The van der Waals surface area contributed by atoms with Gasteiger partial charge in [0.05, 0.1) is 4.90 Å². The maximum absolute atomic E-state index is 12.7. The summed E-state index contributed by atoms with van der Waals surface area (Å²) in [4.78, 5) is 23.5. The Morgan fingerprint density at radius 1 is 1.24 bits per heavy atom. The fourth-order valence-corrected chi connectivity index (χ4v) is 4.11. The number of aryl methyl sites for hydroxylation is 1. The van der Waals surface area contributed by atoms with Gasteiger partial charge in [-0.3, -0.25) is 9.59 Å². The highest BCUT2D eigenvalue weighted by molar-refractivity contribution is 7.89. The molecule has 8 nitrogen and oxygen atoms in total. The molecule has 156 valence electrons. The van der Waals surface area contributed by atoms with E-state index in [0.29, 0.717) is 16.9 Å². The van der Waals surface area contributed by atoms with E-state index in [-0.39, 0.29) is 42.2 Å². The quantitative estimate of drug-likeness (QED) is 0.691. The number of fused-ring (bicyclic) bond motifs is 1. The Balaban J connectivity index is 1.65. The normalized spacial score (nSPS) is 14.1. The van der Waals surface area contributed by atoms with Crippen molar-refractivity contribution in [3.05, 3.63) is 52.4 Å². The fraction of sp³-hybridized carbons (Fsp3) is 0.353. The number of hydrogen-bond acceptors (Lipinski definition) is 5. The maximum Gasteiger partial charge on any atom is 0.471 e. The molecule has 0 aliphatic carbocycles. The van der Waals surface area contributed by atoms with Crippen molar-refractivity contribution in [1.29, 1.82) is 0 Å². The zero-order valence-electron chi connectivity index (χ0n) is 15.0. The second-order valence-electron chi connectivity index (χ2n) is 6.33. The van der Waals surface area contributed by atoms with Gasteiger partial charge in [-0.1, -0.05) is 0 Å². The number of rotatable bonds is 6. The molecular weight excluding hydrogens is 413 g/mol. The molecule has 0 radical (unpaired) electrons. The van der Waals surface area contributed by atoms with Gasteiger partial charge in [0.2, 0.25) is 10.0 Å². The summed E-state index contributed by atoms with van der Waals surface area (Å²) in [6.07, 6.45) is -3.11. The van der Waals surface area contributed by atoms with Gasteiger partial charge in [0.1, 0.15) is 0 Å². The first-order valence-electron chi connectivity index (χ1n) is 8.63. The van der Waals surface area contributed by atoms with E-state index in [0.717, 1.165) is 6.07 Å². The molecule has 0 spiro atoms. The van der Waals surface area contributed by atoms with Crippen LogP contribution in [0.2, 0.25) is 0 Å². The van der Waals surface area contributed by atoms with Crippen LogP contribution in [0.5, 0.6) is 0 Å². The average molecular weight is 430 g/mol. The maximum atomic E-state index is 12.7. The van der Waals surface area contributed by atoms with E-state index in [4.69, 9.17) is 0 Å². The Morgan fingerprint density at radius 2 is 2.00 bits per heavy atom. The molecule has 12 heteroatoms. The lowest BCUT2D eigenvalue weighted by atomic mass is 10.2. The molecule has 0 unspecified atom stereocenters. The van der Waals surface area contributed by atoms with Crippen LogP contribution in [0.3, 0.4) is 0 Å². The number of sulfonamides is 1. The van der Waals surface area contributed by atoms with Crippen LogP contribution in [0.4, 0.5) is 18.9 Å². The average Bonchev–Trinajstić information content (AvgIpc) is 3.08. The predicted molar refractivity (Wildman–Crippen MR) is 96.9 cm³/mol. The Morgan fingerprint density at radius 3 is 2.69 bits per heavy atom. The van der Waals surface area contributed by atoms with E-state index in [9.17, 15) is 31.2 Å². The van der Waals surface area contributed by atoms with E-state index in [1.807, 2.05) is 0 Å². The molecule has 3 rings (SSSR count). The first-order chi connectivity index (χ1) is 13.6. The minimum atomic E-state index is -5.00. The summed E-state index contributed by atoms with van der Waals surface area (Å²) in [6.45, 7) is 0.103. The van der Waals surface area contributed by atoms with Gasteiger partial charge in [-0.15, -0.1) is 0 Å². The minimum Gasteiger partial charge on any atom is -0.304 e. The number of hydrogen-bond donors (Lipinski definition) is 1. The smallest absolute Gasteiger partial charge is 0.304 e. The van der Waals surface area contributed by atoms with Crippen molar-refractivity contribution < 1.29 is 26.4 Å². The predicted octanol–water partition coefficient (Wildman–Crippen LogP) is 1.06. The van der Waals surface area contributed by atoms with Crippen molar-refractivity contribution in [2.24, 2.45) is 0 Å². The number of benzene rings is 1. The van der Waals surface area contributed by atoms with Crippen LogP contribution in [0.25, 0.3) is 0 Å². The lowest BCUT2D eigenvalue weighted by Gasteiger charge is -2.19. The second kappa shape index (κ2) is 7.95. The van der Waals surface area contributed by atoms with Gasteiger partial charge in [-0.05, 0) is 42.7 Å².